The second-order valence-electron chi connectivity index (χ2n) is 3.74. The number of carbonyl (C=O) groups is 1. The van der Waals surface area contributed by atoms with E-state index in [9.17, 15) is 4.79 Å². The van der Waals surface area contributed by atoms with E-state index in [0.29, 0.717) is 10.3 Å². The van der Waals surface area contributed by atoms with E-state index in [2.05, 4.69) is 10.2 Å². The SMILES string of the molecule is CCc1n[nH]c(=S)n1-c1cccc(C(C)=O)c1. The van der Waals surface area contributed by atoms with Crippen molar-refractivity contribution in [1.82, 2.24) is 14.8 Å². The summed E-state index contributed by atoms with van der Waals surface area (Å²) in [7, 11) is 0. The fourth-order valence-electron chi connectivity index (χ4n) is 1.70. The zero-order valence-corrected chi connectivity index (χ0v) is 10.5. The maximum atomic E-state index is 11.3. The van der Waals surface area contributed by atoms with Crippen molar-refractivity contribution in [2.24, 2.45) is 0 Å². The van der Waals surface area contributed by atoms with Gasteiger partial charge in [0.05, 0.1) is 5.69 Å². The zero-order valence-electron chi connectivity index (χ0n) is 9.73. The predicted octanol–water partition coefficient (Wildman–Crippen LogP) is 2.69. The first-order chi connectivity index (χ1) is 8.13. The lowest BCUT2D eigenvalue weighted by Crippen LogP contribution is -2.02. The Bertz CT molecular complexity index is 612. The first-order valence-corrected chi connectivity index (χ1v) is 5.82. The van der Waals surface area contributed by atoms with Gasteiger partial charge in [0.25, 0.3) is 0 Å². The Morgan fingerprint density at radius 1 is 1.53 bits per heavy atom. The lowest BCUT2D eigenvalue weighted by molar-refractivity contribution is 0.101. The summed E-state index contributed by atoms with van der Waals surface area (Å²) in [6.07, 6.45) is 0.775. The van der Waals surface area contributed by atoms with E-state index in [-0.39, 0.29) is 5.78 Å². The minimum absolute atomic E-state index is 0.0416. The van der Waals surface area contributed by atoms with Crippen LogP contribution in [0.25, 0.3) is 5.69 Å². The van der Waals surface area contributed by atoms with Crippen LogP contribution in [0.2, 0.25) is 0 Å². The van der Waals surface area contributed by atoms with Crippen molar-refractivity contribution in [3.63, 3.8) is 0 Å². The minimum Gasteiger partial charge on any atom is -0.295 e. The van der Waals surface area contributed by atoms with Crippen molar-refractivity contribution in [1.29, 1.82) is 0 Å². The summed E-state index contributed by atoms with van der Waals surface area (Å²) >= 11 is 5.19. The Labute approximate surface area is 104 Å². The number of aromatic amines is 1. The van der Waals surface area contributed by atoms with Gasteiger partial charge in [-0.1, -0.05) is 19.1 Å². The summed E-state index contributed by atoms with van der Waals surface area (Å²) in [6, 6.07) is 7.38. The number of benzene rings is 1. The molecule has 1 aromatic heterocycles. The van der Waals surface area contributed by atoms with Gasteiger partial charge >= 0.3 is 0 Å². The molecule has 0 radical (unpaired) electrons. The fourth-order valence-corrected chi connectivity index (χ4v) is 1.95. The van der Waals surface area contributed by atoms with Crippen molar-refractivity contribution in [3.8, 4) is 5.69 Å². The largest absolute Gasteiger partial charge is 0.295 e. The van der Waals surface area contributed by atoms with Crippen LogP contribution in [0.4, 0.5) is 0 Å². The highest BCUT2D eigenvalue weighted by Crippen LogP contribution is 2.14. The number of aryl methyl sites for hydroxylation is 1. The molecule has 17 heavy (non-hydrogen) atoms. The topological polar surface area (TPSA) is 50.7 Å². The van der Waals surface area contributed by atoms with Gasteiger partial charge in [-0.05, 0) is 31.3 Å². The zero-order chi connectivity index (χ0) is 12.4. The van der Waals surface area contributed by atoms with Crippen molar-refractivity contribution in [3.05, 3.63) is 40.4 Å². The van der Waals surface area contributed by atoms with Crippen LogP contribution in [0.15, 0.2) is 24.3 Å². The Balaban J connectivity index is 2.60. The quantitative estimate of drug-likeness (QED) is 0.670. The molecule has 0 fully saturated rings. The molecular formula is C12H13N3OS. The fraction of sp³-hybridized carbons (Fsp3) is 0.250. The Hall–Kier alpha value is -1.75. The van der Waals surface area contributed by atoms with Crippen molar-refractivity contribution in [2.45, 2.75) is 20.3 Å². The molecule has 0 saturated carbocycles. The van der Waals surface area contributed by atoms with Crippen LogP contribution in [-0.4, -0.2) is 20.5 Å². The lowest BCUT2D eigenvalue weighted by Gasteiger charge is -2.06. The molecule has 0 aliphatic heterocycles. The minimum atomic E-state index is 0.0416. The van der Waals surface area contributed by atoms with Gasteiger partial charge in [-0.2, -0.15) is 5.10 Å². The third-order valence-electron chi connectivity index (χ3n) is 2.57. The molecular weight excluding hydrogens is 234 g/mol. The Morgan fingerprint density at radius 2 is 2.29 bits per heavy atom. The maximum Gasteiger partial charge on any atom is 0.199 e. The molecule has 0 aliphatic carbocycles. The molecule has 2 rings (SSSR count). The second kappa shape index (κ2) is 4.63. The third kappa shape index (κ3) is 2.19. The van der Waals surface area contributed by atoms with Crippen LogP contribution in [0.3, 0.4) is 0 Å². The summed E-state index contributed by atoms with van der Waals surface area (Å²) in [4.78, 5) is 11.3. The van der Waals surface area contributed by atoms with Crippen LogP contribution < -0.4 is 0 Å². The molecule has 0 atom stereocenters. The predicted molar refractivity (Wildman–Crippen MR) is 68.1 cm³/mol. The molecule has 0 aliphatic rings. The van der Waals surface area contributed by atoms with Gasteiger partial charge < -0.3 is 0 Å². The molecule has 2 aromatic rings. The molecule has 4 nitrogen and oxygen atoms in total. The first-order valence-electron chi connectivity index (χ1n) is 5.41. The van der Waals surface area contributed by atoms with Crippen molar-refractivity contribution >= 4 is 18.0 Å². The number of Topliss-reactive ketones (excluding diaryl/α,β-unsaturated/α-hetero) is 1. The molecule has 1 heterocycles. The number of nitrogens with one attached hydrogen (secondary N) is 1. The van der Waals surface area contributed by atoms with Gasteiger partial charge in [-0.3, -0.25) is 14.5 Å². The molecule has 0 saturated heterocycles. The second-order valence-corrected chi connectivity index (χ2v) is 4.13. The highest BCUT2D eigenvalue weighted by Gasteiger charge is 2.08. The standard InChI is InChI=1S/C12H13N3OS/c1-3-11-13-14-12(17)15(11)10-6-4-5-9(7-10)8(2)16/h4-7H,3H2,1-2H3,(H,14,17). The smallest absolute Gasteiger partial charge is 0.199 e. The molecule has 0 spiro atoms. The van der Waals surface area contributed by atoms with E-state index in [4.69, 9.17) is 12.2 Å². The van der Waals surface area contributed by atoms with Crippen LogP contribution in [-0.2, 0) is 6.42 Å². The van der Waals surface area contributed by atoms with Gasteiger partial charge in [0.15, 0.2) is 10.6 Å². The monoisotopic (exact) mass is 247 g/mol. The van der Waals surface area contributed by atoms with E-state index in [0.717, 1.165) is 17.9 Å². The maximum absolute atomic E-state index is 11.3. The Kier molecular flexibility index (Phi) is 3.19. The van der Waals surface area contributed by atoms with Crippen LogP contribution in [0.5, 0.6) is 0 Å². The summed E-state index contributed by atoms with van der Waals surface area (Å²) in [5, 5.41) is 6.91. The van der Waals surface area contributed by atoms with Gasteiger partial charge in [0.1, 0.15) is 5.82 Å². The van der Waals surface area contributed by atoms with Crippen LogP contribution in [0.1, 0.15) is 30.0 Å². The number of aromatic nitrogens is 3. The average Bonchev–Trinajstić information content (AvgIpc) is 2.70. The number of rotatable bonds is 3. The van der Waals surface area contributed by atoms with Gasteiger partial charge in [-0.15, -0.1) is 0 Å². The lowest BCUT2D eigenvalue weighted by atomic mass is 10.1. The van der Waals surface area contributed by atoms with Crippen molar-refractivity contribution in [2.75, 3.05) is 0 Å². The number of H-pyrrole nitrogens is 1. The summed E-state index contributed by atoms with van der Waals surface area (Å²) in [5.74, 6) is 0.899. The molecule has 88 valence electrons. The van der Waals surface area contributed by atoms with Gasteiger partial charge in [0.2, 0.25) is 0 Å². The van der Waals surface area contributed by atoms with Crippen LogP contribution >= 0.6 is 12.2 Å². The van der Waals surface area contributed by atoms with Gasteiger partial charge in [0, 0.05) is 12.0 Å². The molecule has 0 amide bonds. The summed E-state index contributed by atoms with van der Waals surface area (Å²) in [6.45, 7) is 3.56. The summed E-state index contributed by atoms with van der Waals surface area (Å²) < 4.78 is 2.39. The normalized spacial score (nSPS) is 10.5. The Morgan fingerprint density at radius 3 is 2.94 bits per heavy atom. The highest BCUT2D eigenvalue weighted by molar-refractivity contribution is 7.71. The molecule has 1 aromatic carbocycles. The van der Waals surface area contributed by atoms with E-state index in [1.54, 1.807) is 13.0 Å². The third-order valence-corrected chi connectivity index (χ3v) is 2.84. The van der Waals surface area contributed by atoms with E-state index >= 15 is 0 Å². The summed E-state index contributed by atoms with van der Waals surface area (Å²) in [5.41, 5.74) is 1.54. The van der Waals surface area contributed by atoms with E-state index in [1.165, 1.54) is 0 Å². The molecule has 1 N–H and O–H groups in total. The van der Waals surface area contributed by atoms with Crippen LogP contribution in [0, 0.1) is 4.77 Å². The van der Waals surface area contributed by atoms with E-state index < -0.39 is 0 Å². The number of hydrogen-bond acceptors (Lipinski definition) is 3. The average molecular weight is 247 g/mol. The number of ketones is 1. The number of carbonyl (C=O) groups excluding carboxylic acids is 1. The first kappa shape index (κ1) is 11.7. The highest BCUT2D eigenvalue weighted by atomic mass is 32.1. The van der Waals surface area contributed by atoms with E-state index in [1.807, 2.05) is 29.7 Å². The molecule has 5 heteroatoms. The molecule has 0 bridgehead atoms. The number of hydrogen-bond donors (Lipinski definition) is 1. The number of nitrogens with zero attached hydrogens (tertiary/aromatic N) is 2. The van der Waals surface area contributed by atoms with Crippen molar-refractivity contribution < 1.29 is 4.79 Å². The van der Waals surface area contributed by atoms with Gasteiger partial charge in [-0.25, -0.2) is 0 Å². The molecule has 0 unspecified atom stereocenters.